The number of carboxylic acids is 1. The molecule has 0 heterocycles. The molecule has 17 heavy (non-hydrogen) atoms. The van der Waals surface area contributed by atoms with Crippen molar-refractivity contribution in [2.75, 3.05) is 0 Å². The molecular weight excluding hydrogens is 236 g/mol. The summed E-state index contributed by atoms with van der Waals surface area (Å²) >= 11 is 0. The molecule has 0 aromatic rings. The van der Waals surface area contributed by atoms with E-state index in [9.17, 15) is 30.0 Å². The van der Waals surface area contributed by atoms with Crippen LogP contribution in [0.4, 0.5) is 0 Å². The van der Waals surface area contributed by atoms with Gasteiger partial charge in [-0.15, -0.1) is 0 Å². The molecule has 0 aromatic carbocycles. The van der Waals surface area contributed by atoms with E-state index in [1.807, 2.05) is 0 Å². The third-order valence-electron chi connectivity index (χ3n) is 2.22. The second kappa shape index (κ2) is 6.62. The van der Waals surface area contributed by atoms with Crippen molar-refractivity contribution in [1.82, 2.24) is 0 Å². The first-order valence-corrected chi connectivity index (χ1v) is 4.85. The van der Waals surface area contributed by atoms with Gasteiger partial charge in [-0.25, -0.2) is 4.79 Å². The van der Waals surface area contributed by atoms with E-state index in [2.05, 4.69) is 0 Å². The summed E-state index contributed by atoms with van der Waals surface area (Å²) in [6.07, 6.45) is -9.67. The van der Waals surface area contributed by atoms with Gasteiger partial charge in [-0.05, 0) is 6.92 Å². The molecule has 0 radical (unpaired) electrons. The van der Waals surface area contributed by atoms with Crippen LogP contribution in [0.15, 0.2) is 0 Å². The fourth-order valence-electron chi connectivity index (χ4n) is 1.11. The highest BCUT2D eigenvalue weighted by molar-refractivity contribution is 6.32. The Morgan fingerprint density at radius 1 is 0.941 bits per heavy atom. The van der Waals surface area contributed by atoms with Gasteiger partial charge >= 0.3 is 5.97 Å². The summed E-state index contributed by atoms with van der Waals surface area (Å²) in [6, 6.07) is 0. The highest BCUT2D eigenvalue weighted by Crippen LogP contribution is 2.10. The quantitative estimate of drug-likeness (QED) is 0.259. The van der Waals surface area contributed by atoms with E-state index < -0.39 is 48.7 Å². The van der Waals surface area contributed by atoms with Gasteiger partial charge < -0.3 is 30.6 Å². The number of carboxylic acid groups (broad SMARTS) is 1. The van der Waals surface area contributed by atoms with Gasteiger partial charge in [0.2, 0.25) is 5.78 Å². The Morgan fingerprint density at radius 2 is 1.41 bits per heavy atom. The number of hydrogen-bond acceptors (Lipinski definition) is 7. The number of rotatable bonds is 7. The van der Waals surface area contributed by atoms with Crippen LogP contribution in [0.2, 0.25) is 0 Å². The second-order valence-corrected chi connectivity index (χ2v) is 3.71. The highest BCUT2D eigenvalue weighted by Gasteiger charge is 2.34. The zero-order valence-electron chi connectivity index (χ0n) is 9.09. The van der Waals surface area contributed by atoms with Crippen LogP contribution in [0.1, 0.15) is 13.3 Å². The lowest BCUT2D eigenvalue weighted by molar-refractivity contribution is -0.154. The molecule has 0 aromatic heterocycles. The van der Waals surface area contributed by atoms with Crippen LogP contribution in [0.3, 0.4) is 0 Å². The fourth-order valence-corrected chi connectivity index (χ4v) is 1.11. The van der Waals surface area contributed by atoms with Crippen molar-refractivity contribution in [3.05, 3.63) is 0 Å². The van der Waals surface area contributed by atoms with Gasteiger partial charge in [0.05, 0.1) is 12.2 Å². The summed E-state index contributed by atoms with van der Waals surface area (Å²) in [5, 5.41) is 54.2. The lowest BCUT2D eigenvalue weighted by Gasteiger charge is -2.27. The molecule has 5 unspecified atom stereocenters. The van der Waals surface area contributed by atoms with Crippen molar-refractivity contribution >= 4 is 11.8 Å². The van der Waals surface area contributed by atoms with Gasteiger partial charge in [-0.3, -0.25) is 4.79 Å². The Balaban J connectivity index is 4.44. The van der Waals surface area contributed by atoms with Gasteiger partial charge in [0.25, 0.3) is 0 Å². The number of carbonyl (C=O) groups is 2. The maximum absolute atomic E-state index is 10.7. The monoisotopic (exact) mass is 252 g/mol. The number of aliphatic hydroxyl groups excluding tert-OH is 5. The Morgan fingerprint density at radius 3 is 1.76 bits per heavy atom. The minimum Gasteiger partial charge on any atom is -0.475 e. The summed E-state index contributed by atoms with van der Waals surface area (Å²) in [7, 11) is 0. The third kappa shape index (κ3) is 4.75. The Kier molecular flexibility index (Phi) is 6.21. The number of hydrogen-bond donors (Lipinski definition) is 6. The van der Waals surface area contributed by atoms with Crippen molar-refractivity contribution in [3.8, 4) is 0 Å². The summed E-state index contributed by atoms with van der Waals surface area (Å²) in [6.45, 7) is 1.15. The highest BCUT2D eigenvalue weighted by atomic mass is 16.4. The largest absolute Gasteiger partial charge is 0.475 e. The molecule has 8 heteroatoms. The average Bonchev–Trinajstić information content (AvgIpc) is 2.25. The molecule has 0 aliphatic rings. The average molecular weight is 252 g/mol. The minimum atomic E-state index is -1.94. The first kappa shape index (κ1) is 15.9. The first-order valence-electron chi connectivity index (χ1n) is 4.85. The molecular formula is C9H16O8. The smallest absolute Gasteiger partial charge is 0.372 e. The summed E-state index contributed by atoms with van der Waals surface area (Å²) in [5.41, 5.74) is 0. The van der Waals surface area contributed by atoms with Crippen LogP contribution in [0.5, 0.6) is 0 Å². The number of Topliss-reactive ketones (excluding diaryl/α,β-unsaturated/α-hetero) is 1. The zero-order valence-corrected chi connectivity index (χ0v) is 9.09. The molecule has 100 valence electrons. The zero-order chi connectivity index (χ0) is 13.7. The summed E-state index contributed by atoms with van der Waals surface area (Å²) in [4.78, 5) is 20.9. The molecule has 0 aliphatic carbocycles. The van der Waals surface area contributed by atoms with E-state index in [1.165, 1.54) is 0 Å². The lowest BCUT2D eigenvalue weighted by atomic mass is 9.97. The van der Waals surface area contributed by atoms with Gasteiger partial charge in [0, 0.05) is 6.42 Å². The molecule has 6 N–H and O–H groups in total. The molecule has 0 rings (SSSR count). The minimum absolute atomic E-state index is 0.903. The van der Waals surface area contributed by atoms with E-state index in [1.54, 1.807) is 0 Å². The van der Waals surface area contributed by atoms with Gasteiger partial charge in [0.15, 0.2) is 0 Å². The molecule has 0 saturated carbocycles. The number of aliphatic carboxylic acids is 1. The van der Waals surface area contributed by atoms with Crippen molar-refractivity contribution in [3.63, 3.8) is 0 Å². The van der Waals surface area contributed by atoms with E-state index in [0.29, 0.717) is 0 Å². The predicted molar refractivity (Wildman–Crippen MR) is 53.0 cm³/mol. The van der Waals surface area contributed by atoms with E-state index in [0.717, 1.165) is 6.92 Å². The van der Waals surface area contributed by atoms with Crippen molar-refractivity contribution in [2.45, 2.75) is 43.9 Å². The van der Waals surface area contributed by atoms with Crippen LogP contribution in [-0.2, 0) is 9.59 Å². The van der Waals surface area contributed by atoms with Crippen molar-refractivity contribution < 1.29 is 40.2 Å². The molecule has 0 saturated heterocycles. The lowest BCUT2D eigenvalue weighted by Crippen LogP contribution is -2.49. The van der Waals surface area contributed by atoms with Crippen LogP contribution < -0.4 is 0 Å². The molecule has 0 aliphatic heterocycles. The normalized spacial score (nSPS) is 20.1. The molecule has 5 atom stereocenters. The van der Waals surface area contributed by atoms with Gasteiger partial charge in [0.1, 0.15) is 18.3 Å². The Bertz CT molecular complexity index is 276. The maximum Gasteiger partial charge on any atom is 0.372 e. The fraction of sp³-hybridized carbons (Fsp3) is 0.778. The number of aliphatic hydroxyl groups is 5. The Hall–Kier alpha value is -1.06. The summed E-state index contributed by atoms with van der Waals surface area (Å²) in [5.74, 6) is -3.11. The topological polar surface area (TPSA) is 156 Å². The first-order chi connectivity index (χ1) is 7.68. The molecule has 0 spiro atoms. The van der Waals surface area contributed by atoms with Crippen LogP contribution in [0.25, 0.3) is 0 Å². The standard InChI is InChI=1S/C9H16O8/c1-3(10)6(13)8(15)7(14)4(11)2-5(12)9(16)17/h3-4,6-8,10-11,13-15H,2H2,1H3,(H,16,17). The third-order valence-corrected chi connectivity index (χ3v) is 2.22. The SMILES string of the molecule is CC(O)C(O)C(O)C(O)C(O)CC(=O)C(=O)O. The molecule has 8 nitrogen and oxygen atoms in total. The summed E-state index contributed by atoms with van der Waals surface area (Å²) < 4.78 is 0. The second-order valence-electron chi connectivity index (χ2n) is 3.71. The van der Waals surface area contributed by atoms with Gasteiger partial charge in [-0.1, -0.05) is 0 Å². The Labute approximate surface area is 96.7 Å². The van der Waals surface area contributed by atoms with Crippen LogP contribution >= 0.6 is 0 Å². The van der Waals surface area contributed by atoms with Gasteiger partial charge in [-0.2, -0.15) is 0 Å². The van der Waals surface area contributed by atoms with Crippen LogP contribution in [-0.4, -0.2) is 72.9 Å². The van der Waals surface area contributed by atoms with Crippen molar-refractivity contribution in [1.29, 1.82) is 0 Å². The molecule has 0 amide bonds. The number of ketones is 1. The van der Waals surface area contributed by atoms with E-state index >= 15 is 0 Å². The molecule has 0 bridgehead atoms. The van der Waals surface area contributed by atoms with Crippen molar-refractivity contribution in [2.24, 2.45) is 0 Å². The van der Waals surface area contributed by atoms with E-state index in [-0.39, 0.29) is 0 Å². The van der Waals surface area contributed by atoms with Crippen LogP contribution in [0, 0.1) is 0 Å². The van der Waals surface area contributed by atoms with E-state index in [4.69, 9.17) is 10.2 Å². The maximum atomic E-state index is 10.7. The predicted octanol–water partition coefficient (Wildman–Crippen LogP) is -3.15. The number of carbonyl (C=O) groups excluding carboxylic acids is 1. The molecule has 0 fully saturated rings.